The first-order valence-electron chi connectivity index (χ1n) is 10.4. The van der Waals surface area contributed by atoms with Gasteiger partial charge in [-0.2, -0.15) is 0 Å². The van der Waals surface area contributed by atoms with E-state index in [4.69, 9.17) is 4.74 Å². The fourth-order valence-corrected chi connectivity index (χ4v) is 4.01. The van der Waals surface area contributed by atoms with E-state index in [1.54, 1.807) is 13.2 Å². The van der Waals surface area contributed by atoms with Crippen LogP contribution in [0.3, 0.4) is 0 Å². The molecular weight excluding hydrogens is 445 g/mol. The largest absolute Gasteiger partial charge is 0.495 e. The van der Waals surface area contributed by atoms with Crippen molar-refractivity contribution in [3.05, 3.63) is 65.2 Å². The Morgan fingerprint density at radius 1 is 1.18 bits per heavy atom. The van der Waals surface area contributed by atoms with Gasteiger partial charge in [0.1, 0.15) is 17.4 Å². The number of amides is 2. The number of benzene rings is 2. The lowest BCUT2D eigenvalue weighted by atomic mass is 10.2. The van der Waals surface area contributed by atoms with Crippen molar-refractivity contribution in [3.63, 3.8) is 0 Å². The minimum Gasteiger partial charge on any atom is -0.495 e. The molecule has 0 spiro atoms. The van der Waals surface area contributed by atoms with Crippen LogP contribution in [0, 0.1) is 12.7 Å². The lowest BCUT2D eigenvalue weighted by Gasteiger charge is -2.11. The molecule has 0 fully saturated rings. The molecule has 0 aliphatic heterocycles. The molecule has 0 radical (unpaired) electrons. The van der Waals surface area contributed by atoms with Gasteiger partial charge in [-0.1, -0.05) is 30.0 Å². The molecule has 3 rings (SSSR count). The molecule has 1 heterocycles. The lowest BCUT2D eigenvalue weighted by molar-refractivity contribution is -0.113. The van der Waals surface area contributed by atoms with Gasteiger partial charge in [0.15, 0.2) is 5.16 Å². The highest BCUT2D eigenvalue weighted by atomic mass is 32.2. The third-order valence-corrected chi connectivity index (χ3v) is 5.79. The summed E-state index contributed by atoms with van der Waals surface area (Å²) < 4.78 is 20.9. The molecule has 0 aliphatic rings. The van der Waals surface area contributed by atoms with Gasteiger partial charge in [0.2, 0.25) is 5.91 Å². The molecule has 0 saturated heterocycles. The summed E-state index contributed by atoms with van der Waals surface area (Å²) in [5.74, 6) is 0.193. The van der Waals surface area contributed by atoms with Crippen LogP contribution < -0.4 is 15.4 Å². The van der Waals surface area contributed by atoms with Crippen LogP contribution >= 0.6 is 11.8 Å². The molecular formula is C23H26FN5O3S. The molecule has 2 amide bonds. The molecule has 0 saturated carbocycles. The monoisotopic (exact) mass is 471 g/mol. The van der Waals surface area contributed by atoms with Crippen molar-refractivity contribution in [1.29, 1.82) is 0 Å². The number of thioether (sulfide) groups is 1. The van der Waals surface area contributed by atoms with E-state index in [-0.39, 0.29) is 23.8 Å². The fraction of sp³-hybridized carbons (Fsp3) is 0.304. The zero-order chi connectivity index (χ0) is 23.8. The molecule has 0 bridgehead atoms. The summed E-state index contributed by atoms with van der Waals surface area (Å²) in [5.41, 5.74) is 1.63. The second-order valence-electron chi connectivity index (χ2n) is 7.17. The number of hydrogen-bond donors (Lipinski definition) is 2. The van der Waals surface area contributed by atoms with Crippen LogP contribution in [0.25, 0.3) is 0 Å². The van der Waals surface area contributed by atoms with Crippen LogP contribution in [0.4, 0.5) is 10.1 Å². The van der Waals surface area contributed by atoms with Crippen molar-refractivity contribution in [2.75, 3.05) is 24.7 Å². The average molecular weight is 472 g/mol. The molecule has 0 atom stereocenters. The lowest BCUT2D eigenvalue weighted by Crippen LogP contribution is -2.27. The van der Waals surface area contributed by atoms with Crippen LogP contribution in [0.5, 0.6) is 5.75 Å². The number of halogens is 1. The maximum atomic E-state index is 13.7. The van der Waals surface area contributed by atoms with Crippen molar-refractivity contribution in [2.24, 2.45) is 0 Å². The third-order valence-electron chi connectivity index (χ3n) is 4.82. The van der Waals surface area contributed by atoms with E-state index in [2.05, 4.69) is 20.8 Å². The van der Waals surface area contributed by atoms with Crippen molar-refractivity contribution in [2.45, 2.75) is 32.0 Å². The Bertz CT molecular complexity index is 1140. The van der Waals surface area contributed by atoms with E-state index >= 15 is 0 Å². The van der Waals surface area contributed by atoms with E-state index in [1.807, 2.05) is 36.6 Å². The van der Waals surface area contributed by atoms with Crippen LogP contribution in [0.15, 0.2) is 47.6 Å². The predicted octanol–water partition coefficient (Wildman–Crippen LogP) is 3.46. The molecule has 2 aromatic carbocycles. The first-order valence-corrected chi connectivity index (χ1v) is 11.4. The number of nitrogens with one attached hydrogen (secondary N) is 2. The van der Waals surface area contributed by atoms with E-state index in [0.717, 1.165) is 5.56 Å². The van der Waals surface area contributed by atoms with Crippen LogP contribution in [-0.2, 0) is 17.8 Å². The summed E-state index contributed by atoms with van der Waals surface area (Å²) in [7, 11) is 1.55. The van der Waals surface area contributed by atoms with Crippen LogP contribution in [0.1, 0.15) is 28.7 Å². The first-order chi connectivity index (χ1) is 15.9. The van der Waals surface area contributed by atoms with Crippen molar-refractivity contribution < 1.29 is 18.7 Å². The number of aromatic nitrogens is 3. The molecule has 174 valence electrons. The van der Waals surface area contributed by atoms with Gasteiger partial charge >= 0.3 is 0 Å². The van der Waals surface area contributed by atoms with Gasteiger partial charge < -0.3 is 19.9 Å². The van der Waals surface area contributed by atoms with Crippen LogP contribution in [-0.4, -0.2) is 46.0 Å². The van der Waals surface area contributed by atoms with E-state index in [9.17, 15) is 14.0 Å². The summed E-state index contributed by atoms with van der Waals surface area (Å²) >= 11 is 1.28. The number of carbonyl (C=O) groups is 2. The fourth-order valence-electron chi connectivity index (χ4n) is 3.19. The Hall–Kier alpha value is -3.40. The van der Waals surface area contributed by atoms with Gasteiger partial charge in [0.05, 0.1) is 24.1 Å². The summed E-state index contributed by atoms with van der Waals surface area (Å²) in [6.45, 7) is 4.78. The average Bonchev–Trinajstić information content (AvgIpc) is 3.19. The van der Waals surface area contributed by atoms with Crippen LogP contribution in [0.2, 0.25) is 0 Å². The third kappa shape index (κ3) is 6.32. The highest BCUT2D eigenvalue weighted by Gasteiger charge is 2.15. The molecule has 0 unspecified atom stereocenters. The Kier molecular flexibility index (Phi) is 8.42. The number of nitrogens with zero attached hydrogens (tertiary/aromatic N) is 3. The van der Waals surface area contributed by atoms with E-state index < -0.39 is 11.7 Å². The summed E-state index contributed by atoms with van der Waals surface area (Å²) in [5, 5.41) is 14.5. The molecule has 1 aromatic heterocycles. The zero-order valence-corrected chi connectivity index (χ0v) is 19.5. The molecule has 8 nitrogen and oxygen atoms in total. The number of methoxy groups -OCH3 is 1. The normalized spacial score (nSPS) is 10.7. The second kappa shape index (κ2) is 11.5. The number of ether oxygens (including phenoxy) is 1. The standard InChI is InChI=1S/C23H26FN5O3S/c1-4-29-20(11-12-25-22(31)16-7-5-6-8-17(16)24)27-28-23(29)33-14-21(30)26-18-13-15(2)9-10-19(18)32-3/h5-10,13H,4,11-12,14H2,1-3H3,(H,25,31)(H,26,30). The molecule has 3 aromatic rings. The number of rotatable bonds is 10. The Morgan fingerprint density at radius 2 is 1.97 bits per heavy atom. The molecule has 2 N–H and O–H groups in total. The topological polar surface area (TPSA) is 98.1 Å². The maximum absolute atomic E-state index is 13.7. The van der Waals surface area contributed by atoms with Crippen molar-refractivity contribution in [1.82, 2.24) is 20.1 Å². The Labute approximate surface area is 195 Å². The zero-order valence-electron chi connectivity index (χ0n) is 18.7. The minimum atomic E-state index is -0.563. The SMILES string of the molecule is CCn1c(CCNC(=O)c2ccccc2F)nnc1SCC(=O)Nc1cc(C)ccc1OC. The van der Waals surface area contributed by atoms with Gasteiger partial charge in [0, 0.05) is 19.5 Å². The smallest absolute Gasteiger partial charge is 0.254 e. The number of anilines is 1. The quantitative estimate of drug-likeness (QED) is 0.440. The van der Waals surface area contributed by atoms with Crippen molar-refractivity contribution in [3.8, 4) is 5.75 Å². The molecule has 33 heavy (non-hydrogen) atoms. The van der Waals surface area contributed by atoms with Gasteiger partial charge in [-0.25, -0.2) is 4.39 Å². The molecule has 0 aliphatic carbocycles. The van der Waals surface area contributed by atoms with Crippen molar-refractivity contribution >= 4 is 29.3 Å². The van der Waals surface area contributed by atoms with Gasteiger partial charge in [0.25, 0.3) is 5.91 Å². The number of carbonyl (C=O) groups excluding carboxylic acids is 2. The highest BCUT2D eigenvalue weighted by Crippen LogP contribution is 2.26. The number of aryl methyl sites for hydroxylation is 1. The number of hydrogen-bond acceptors (Lipinski definition) is 6. The van der Waals surface area contributed by atoms with Gasteiger partial charge in [-0.3, -0.25) is 9.59 Å². The maximum Gasteiger partial charge on any atom is 0.254 e. The van der Waals surface area contributed by atoms with E-state index in [1.165, 1.54) is 30.0 Å². The summed E-state index contributed by atoms with van der Waals surface area (Å²) in [4.78, 5) is 24.6. The minimum absolute atomic E-state index is 0.00181. The second-order valence-corrected chi connectivity index (χ2v) is 8.11. The summed E-state index contributed by atoms with van der Waals surface area (Å²) in [6, 6.07) is 11.4. The first kappa shape index (κ1) is 24.2. The van der Waals surface area contributed by atoms with Gasteiger partial charge in [-0.15, -0.1) is 10.2 Å². The Balaban J connectivity index is 1.55. The summed E-state index contributed by atoms with van der Waals surface area (Å²) in [6.07, 6.45) is 0.425. The highest BCUT2D eigenvalue weighted by molar-refractivity contribution is 7.99. The van der Waals surface area contributed by atoms with Gasteiger partial charge in [-0.05, 0) is 43.7 Å². The Morgan fingerprint density at radius 3 is 2.70 bits per heavy atom. The predicted molar refractivity (Wildman–Crippen MR) is 125 cm³/mol. The van der Waals surface area contributed by atoms with E-state index in [0.29, 0.717) is 35.4 Å². The molecule has 10 heteroatoms.